The van der Waals surface area contributed by atoms with Crippen LogP contribution in [0, 0.1) is 11.6 Å². The van der Waals surface area contributed by atoms with Gasteiger partial charge in [-0.15, -0.1) is 0 Å². The van der Waals surface area contributed by atoms with Crippen molar-refractivity contribution in [1.29, 1.82) is 0 Å². The Morgan fingerprint density at radius 3 is 1.90 bits per heavy atom. The second kappa shape index (κ2) is 6.54. The number of methoxy groups -OCH3 is 2. The maximum atomic E-state index is 14.0. The van der Waals surface area contributed by atoms with E-state index in [1.165, 1.54) is 32.4 Å². The van der Waals surface area contributed by atoms with Gasteiger partial charge in [0.05, 0.1) is 20.3 Å². The molecular formula is C16H17F2NO2. The molecule has 0 aliphatic carbocycles. The largest absolute Gasteiger partial charge is 0.497 e. The summed E-state index contributed by atoms with van der Waals surface area (Å²) in [4.78, 5) is 0. The summed E-state index contributed by atoms with van der Waals surface area (Å²) in [6.07, 6.45) is 0. The van der Waals surface area contributed by atoms with Gasteiger partial charge in [0.1, 0.15) is 23.1 Å². The summed E-state index contributed by atoms with van der Waals surface area (Å²) in [7, 11) is 4.69. The summed E-state index contributed by atoms with van der Waals surface area (Å²) in [6, 6.07) is 8.31. The Hall–Kier alpha value is -2.14. The minimum absolute atomic E-state index is 0.0321. The van der Waals surface area contributed by atoms with Crippen LogP contribution < -0.4 is 14.8 Å². The number of hydrogen-bond donors (Lipinski definition) is 1. The van der Waals surface area contributed by atoms with E-state index < -0.39 is 17.7 Å². The van der Waals surface area contributed by atoms with Crippen molar-refractivity contribution in [3.63, 3.8) is 0 Å². The maximum Gasteiger partial charge on any atom is 0.131 e. The van der Waals surface area contributed by atoms with Crippen LogP contribution >= 0.6 is 0 Å². The first-order valence-electron chi connectivity index (χ1n) is 6.44. The van der Waals surface area contributed by atoms with E-state index >= 15 is 0 Å². The second-order valence-electron chi connectivity index (χ2n) is 4.50. The Morgan fingerprint density at radius 1 is 0.952 bits per heavy atom. The third-order valence-electron chi connectivity index (χ3n) is 3.28. The Labute approximate surface area is 122 Å². The SMILES string of the molecule is CNC(c1cc(OC)cc(OC)c1)c1c(F)cccc1F. The first-order valence-corrected chi connectivity index (χ1v) is 6.44. The summed E-state index contributed by atoms with van der Waals surface area (Å²) in [5.74, 6) is -0.0880. The van der Waals surface area contributed by atoms with Crippen molar-refractivity contribution in [3.8, 4) is 11.5 Å². The van der Waals surface area contributed by atoms with Crippen molar-refractivity contribution in [2.24, 2.45) is 0 Å². The van der Waals surface area contributed by atoms with E-state index in [0.717, 1.165) is 0 Å². The first kappa shape index (κ1) is 15.3. The molecule has 0 saturated carbocycles. The van der Waals surface area contributed by atoms with Gasteiger partial charge in [0.2, 0.25) is 0 Å². The number of rotatable bonds is 5. The number of ether oxygens (including phenoxy) is 2. The Bertz CT molecular complexity index is 589. The van der Waals surface area contributed by atoms with Crippen LogP contribution in [0.1, 0.15) is 17.2 Å². The Kier molecular flexibility index (Phi) is 4.75. The molecule has 5 heteroatoms. The van der Waals surface area contributed by atoms with Crippen LogP contribution in [0.4, 0.5) is 8.78 Å². The normalized spacial score (nSPS) is 12.0. The van der Waals surface area contributed by atoms with Gasteiger partial charge in [-0.1, -0.05) is 6.07 Å². The van der Waals surface area contributed by atoms with Crippen LogP contribution in [0.3, 0.4) is 0 Å². The van der Waals surface area contributed by atoms with Crippen LogP contribution in [-0.4, -0.2) is 21.3 Å². The molecule has 2 rings (SSSR count). The smallest absolute Gasteiger partial charge is 0.131 e. The highest BCUT2D eigenvalue weighted by Gasteiger charge is 2.21. The standard InChI is InChI=1S/C16H17F2NO2/c1-19-16(15-13(17)5-4-6-14(15)18)10-7-11(20-2)9-12(8-10)21-3/h4-9,16,19H,1-3H3. The minimum atomic E-state index is -0.643. The summed E-state index contributed by atoms with van der Waals surface area (Å²) in [6.45, 7) is 0. The lowest BCUT2D eigenvalue weighted by Gasteiger charge is -2.20. The predicted octanol–water partition coefficient (Wildman–Crippen LogP) is 3.29. The molecule has 0 radical (unpaired) electrons. The number of benzene rings is 2. The quantitative estimate of drug-likeness (QED) is 0.917. The molecule has 2 aromatic carbocycles. The van der Waals surface area contributed by atoms with Crippen molar-refractivity contribution in [2.45, 2.75) is 6.04 Å². The average Bonchev–Trinajstić information content (AvgIpc) is 2.50. The van der Waals surface area contributed by atoms with Crippen molar-refractivity contribution in [1.82, 2.24) is 5.32 Å². The van der Waals surface area contributed by atoms with E-state index in [2.05, 4.69) is 5.32 Å². The molecule has 0 aromatic heterocycles. The van der Waals surface area contributed by atoms with Gasteiger partial charge in [-0.2, -0.15) is 0 Å². The monoisotopic (exact) mass is 293 g/mol. The topological polar surface area (TPSA) is 30.5 Å². The van der Waals surface area contributed by atoms with E-state index in [-0.39, 0.29) is 5.56 Å². The van der Waals surface area contributed by atoms with Crippen LogP contribution in [-0.2, 0) is 0 Å². The van der Waals surface area contributed by atoms with Crippen LogP contribution in [0.15, 0.2) is 36.4 Å². The van der Waals surface area contributed by atoms with Crippen molar-refractivity contribution < 1.29 is 18.3 Å². The summed E-state index contributed by atoms with van der Waals surface area (Å²) in [5, 5.41) is 2.93. The van der Waals surface area contributed by atoms with Gasteiger partial charge in [0.25, 0.3) is 0 Å². The van der Waals surface area contributed by atoms with Gasteiger partial charge >= 0.3 is 0 Å². The van der Waals surface area contributed by atoms with Gasteiger partial charge in [-0.25, -0.2) is 8.78 Å². The van der Waals surface area contributed by atoms with Crippen LogP contribution in [0.2, 0.25) is 0 Å². The minimum Gasteiger partial charge on any atom is -0.497 e. The Morgan fingerprint density at radius 2 is 1.48 bits per heavy atom. The van der Waals surface area contributed by atoms with E-state index in [4.69, 9.17) is 9.47 Å². The lowest BCUT2D eigenvalue weighted by atomic mass is 9.97. The fourth-order valence-corrected chi connectivity index (χ4v) is 2.26. The van der Waals surface area contributed by atoms with E-state index in [0.29, 0.717) is 17.1 Å². The fourth-order valence-electron chi connectivity index (χ4n) is 2.26. The highest BCUT2D eigenvalue weighted by atomic mass is 19.1. The van der Waals surface area contributed by atoms with Crippen LogP contribution in [0.5, 0.6) is 11.5 Å². The van der Waals surface area contributed by atoms with Gasteiger partial charge < -0.3 is 14.8 Å². The molecule has 0 fully saturated rings. The molecule has 0 bridgehead atoms. The van der Waals surface area contributed by atoms with Crippen molar-refractivity contribution in [2.75, 3.05) is 21.3 Å². The maximum absolute atomic E-state index is 14.0. The molecule has 0 amide bonds. The summed E-state index contributed by atoms with van der Waals surface area (Å²) >= 11 is 0. The lowest BCUT2D eigenvalue weighted by molar-refractivity contribution is 0.392. The zero-order valence-corrected chi connectivity index (χ0v) is 12.1. The number of nitrogens with one attached hydrogen (secondary N) is 1. The molecule has 1 atom stereocenters. The number of hydrogen-bond acceptors (Lipinski definition) is 3. The first-order chi connectivity index (χ1) is 10.1. The molecule has 1 unspecified atom stereocenters. The summed E-state index contributed by atoms with van der Waals surface area (Å²) in [5.41, 5.74) is 0.619. The highest BCUT2D eigenvalue weighted by Crippen LogP contribution is 2.32. The second-order valence-corrected chi connectivity index (χ2v) is 4.50. The fraction of sp³-hybridized carbons (Fsp3) is 0.250. The summed E-state index contributed by atoms with van der Waals surface area (Å²) < 4.78 is 38.4. The molecule has 21 heavy (non-hydrogen) atoms. The van der Waals surface area contributed by atoms with Crippen molar-refractivity contribution >= 4 is 0 Å². The molecule has 1 N–H and O–H groups in total. The molecule has 0 aliphatic heterocycles. The Balaban J connectivity index is 2.56. The molecule has 112 valence electrons. The van der Waals surface area contributed by atoms with Gasteiger partial charge in [-0.3, -0.25) is 0 Å². The molecule has 0 spiro atoms. The zero-order valence-electron chi connectivity index (χ0n) is 12.1. The average molecular weight is 293 g/mol. The third kappa shape index (κ3) is 3.13. The van der Waals surface area contributed by atoms with Crippen LogP contribution in [0.25, 0.3) is 0 Å². The van der Waals surface area contributed by atoms with Crippen molar-refractivity contribution in [3.05, 3.63) is 59.2 Å². The highest BCUT2D eigenvalue weighted by molar-refractivity contribution is 5.43. The molecule has 3 nitrogen and oxygen atoms in total. The van der Waals surface area contributed by atoms with Gasteiger partial charge in [0, 0.05) is 11.6 Å². The molecular weight excluding hydrogens is 276 g/mol. The van der Waals surface area contributed by atoms with E-state index in [1.54, 1.807) is 25.2 Å². The third-order valence-corrected chi connectivity index (χ3v) is 3.28. The molecule has 0 saturated heterocycles. The molecule has 0 aliphatic rings. The van der Waals surface area contributed by atoms with Gasteiger partial charge in [-0.05, 0) is 36.9 Å². The molecule has 2 aromatic rings. The van der Waals surface area contributed by atoms with Gasteiger partial charge in [0.15, 0.2) is 0 Å². The molecule has 0 heterocycles. The predicted molar refractivity (Wildman–Crippen MR) is 76.8 cm³/mol. The van der Waals surface area contributed by atoms with E-state index in [1.807, 2.05) is 0 Å². The number of halogens is 2. The van der Waals surface area contributed by atoms with E-state index in [9.17, 15) is 8.78 Å². The zero-order chi connectivity index (χ0) is 15.4. The lowest BCUT2D eigenvalue weighted by Crippen LogP contribution is -2.20.